The van der Waals surface area contributed by atoms with Gasteiger partial charge in [0.05, 0.1) is 0 Å². The standard InChI is InChI=1S/C19H22ClN3O/c1-3-4-14(2)18-21-19(24-22-18)16-9-11-23(12-10-16)13-15-5-7-17(20)8-6-15/h3-8,16H,1,9-13H2,2H3/b14-4+. The lowest BCUT2D eigenvalue weighted by Gasteiger charge is -2.30. The number of halogens is 1. The lowest BCUT2D eigenvalue weighted by Crippen LogP contribution is -2.32. The number of rotatable bonds is 5. The maximum atomic E-state index is 5.94. The van der Waals surface area contributed by atoms with E-state index in [0.717, 1.165) is 49.0 Å². The number of aromatic nitrogens is 2. The van der Waals surface area contributed by atoms with Gasteiger partial charge in [0.2, 0.25) is 5.89 Å². The molecule has 4 nitrogen and oxygen atoms in total. The Bertz CT molecular complexity index is 712. The van der Waals surface area contributed by atoms with Gasteiger partial charge < -0.3 is 4.52 Å². The number of nitrogens with zero attached hydrogens (tertiary/aromatic N) is 3. The molecule has 0 radical (unpaired) electrons. The van der Waals surface area contributed by atoms with Gasteiger partial charge in [0.15, 0.2) is 5.82 Å². The summed E-state index contributed by atoms with van der Waals surface area (Å²) < 4.78 is 5.47. The summed E-state index contributed by atoms with van der Waals surface area (Å²) >= 11 is 5.94. The first-order chi connectivity index (χ1) is 11.7. The second-order valence-corrected chi connectivity index (χ2v) is 6.65. The Balaban J connectivity index is 1.56. The summed E-state index contributed by atoms with van der Waals surface area (Å²) in [4.78, 5) is 7.00. The van der Waals surface area contributed by atoms with Crippen LogP contribution in [0.5, 0.6) is 0 Å². The molecule has 3 rings (SSSR count). The van der Waals surface area contributed by atoms with Gasteiger partial charge in [0, 0.05) is 17.5 Å². The highest BCUT2D eigenvalue weighted by molar-refractivity contribution is 6.30. The van der Waals surface area contributed by atoms with Crippen molar-refractivity contribution in [2.75, 3.05) is 13.1 Å². The van der Waals surface area contributed by atoms with E-state index in [1.54, 1.807) is 6.08 Å². The van der Waals surface area contributed by atoms with Crippen LogP contribution in [0.4, 0.5) is 0 Å². The number of likely N-dealkylation sites (tertiary alicyclic amines) is 1. The summed E-state index contributed by atoms with van der Waals surface area (Å²) in [5.74, 6) is 1.77. The Labute approximate surface area is 147 Å². The maximum absolute atomic E-state index is 5.94. The molecule has 1 fully saturated rings. The normalized spacial score (nSPS) is 17.2. The van der Waals surface area contributed by atoms with Crippen LogP contribution >= 0.6 is 11.6 Å². The predicted molar refractivity (Wildman–Crippen MR) is 96.9 cm³/mol. The van der Waals surface area contributed by atoms with E-state index in [0.29, 0.717) is 11.7 Å². The van der Waals surface area contributed by atoms with Crippen LogP contribution in [-0.2, 0) is 6.54 Å². The average Bonchev–Trinajstić information content (AvgIpc) is 3.08. The fourth-order valence-electron chi connectivity index (χ4n) is 3.00. The summed E-state index contributed by atoms with van der Waals surface area (Å²) in [6, 6.07) is 8.08. The quantitative estimate of drug-likeness (QED) is 0.738. The topological polar surface area (TPSA) is 42.2 Å². The van der Waals surface area contributed by atoms with E-state index >= 15 is 0 Å². The number of hydrogen-bond donors (Lipinski definition) is 0. The lowest BCUT2D eigenvalue weighted by molar-refractivity contribution is 0.187. The van der Waals surface area contributed by atoms with Crippen molar-refractivity contribution in [3.05, 3.63) is 65.3 Å². The average molecular weight is 344 g/mol. The molecule has 0 unspecified atom stereocenters. The molecule has 0 N–H and O–H groups in total. The molecule has 1 saturated heterocycles. The molecule has 0 bridgehead atoms. The molecular formula is C19H22ClN3O. The van der Waals surface area contributed by atoms with E-state index in [1.165, 1.54) is 5.56 Å². The predicted octanol–water partition coefficient (Wildman–Crippen LogP) is 4.69. The van der Waals surface area contributed by atoms with Gasteiger partial charge >= 0.3 is 0 Å². The highest BCUT2D eigenvalue weighted by atomic mass is 35.5. The number of benzene rings is 1. The van der Waals surface area contributed by atoms with Gasteiger partial charge in [0.25, 0.3) is 0 Å². The minimum atomic E-state index is 0.351. The summed E-state index contributed by atoms with van der Waals surface area (Å²) in [6.45, 7) is 8.69. The highest BCUT2D eigenvalue weighted by Gasteiger charge is 2.25. The summed E-state index contributed by atoms with van der Waals surface area (Å²) in [7, 11) is 0. The second-order valence-electron chi connectivity index (χ2n) is 6.22. The molecule has 2 heterocycles. The molecule has 126 valence electrons. The zero-order chi connectivity index (χ0) is 16.9. The summed E-state index contributed by atoms with van der Waals surface area (Å²) in [5, 5.41) is 4.86. The first-order valence-corrected chi connectivity index (χ1v) is 8.63. The van der Waals surface area contributed by atoms with Crippen molar-refractivity contribution >= 4 is 17.2 Å². The second kappa shape index (κ2) is 7.77. The first-order valence-electron chi connectivity index (χ1n) is 8.26. The van der Waals surface area contributed by atoms with Crippen molar-refractivity contribution in [1.29, 1.82) is 0 Å². The lowest BCUT2D eigenvalue weighted by atomic mass is 9.96. The van der Waals surface area contributed by atoms with Crippen molar-refractivity contribution in [3.63, 3.8) is 0 Å². The van der Waals surface area contributed by atoms with Crippen LogP contribution in [-0.4, -0.2) is 28.1 Å². The van der Waals surface area contributed by atoms with Gasteiger partial charge in [0.1, 0.15) is 0 Å². The molecule has 1 aliphatic heterocycles. The van der Waals surface area contributed by atoms with E-state index in [9.17, 15) is 0 Å². The minimum Gasteiger partial charge on any atom is -0.339 e. The van der Waals surface area contributed by atoms with Gasteiger partial charge in [-0.05, 0) is 56.1 Å². The van der Waals surface area contributed by atoms with Gasteiger partial charge in [-0.1, -0.05) is 47.6 Å². The third-order valence-electron chi connectivity index (χ3n) is 4.42. The molecule has 0 spiro atoms. The van der Waals surface area contributed by atoms with Crippen molar-refractivity contribution in [3.8, 4) is 0 Å². The van der Waals surface area contributed by atoms with Gasteiger partial charge in [-0.15, -0.1) is 0 Å². The van der Waals surface area contributed by atoms with Crippen LogP contribution < -0.4 is 0 Å². The van der Waals surface area contributed by atoms with Crippen LogP contribution in [0.1, 0.15) is 43.0 Å². The Morgan fingerprint density at radius 2 is 2.04 bits per heavy atom. The molecular weight excluding hydrogens is 322 g/mol. The molecule has 1 aromatic carbocycles. The van der Waals surface area contributed by atoms with Crippen molar-refractivity contribution < 1.29 is 4.52 Å². The summed E-state index contributed by atoms with van der Waals surface area (Å²) in [6.07, 6.45) is 5.71. The fraction of sp³-hybridized carbons (Fsp3) is 0.368. The fourth-order valence-corrected chi connectivity index (χ4v) is 3.12. The SMILES string of the molecule is C=C/C=C(\C)c1noc(C2CCN(Cc3ccc(Cl)cc3)CC2)n1. The Morgan fingerprint density at radius 1 is 1.33 bits per heavy atom. The largest absolute Gasteiger partial charge is 0.339 e. The molecule has 0 amide bonds. The molecule has 2 aromatic rings. The van der Waals surface area contributed by atoms with E-state index in [1.807, 2.05) is 25.1 Å². The first kappa shape index (κ1) is 16.9. The van der Waals surface area contributed by atoms with Crippen LogP contribution in [0.2, 0.25) is 5.02 Å². The highest BCUT2D eigenvalue weighted by Crippen LogP contribution is 2.28. The Hall–Kier alpha value is -1.91. The third-order valence-corrected chi connectivity index (χ3v) is 4.67. The van der Waals surface area contributed by atoms with E-state index in [4.69, 9.17) is 16.1 Å². The molecule has 5 heteroatoms. The maximum Gasteiger partial charge on any atom is 0.230 e. The van der Waals surface area contributed by atoms with Crippen LogP contribution in [0, 0.1) is 0 Å². The van der Waals surface area contributed by atoms with Crippen LogP contribution in [0.25, 0.3) is 5.57 Å². The molecule has 24 heavy (non-hydrogen) atoms. The Kier molecular flexibility index (Phi) is 5.48. The number of hydrogen-bond acceptors (Lipinski definition) is 4. The van der Waals surface area contributed by atoms with E-state index in [-0.39, 0.29) is 0 Å². The zero-order valence-corrected chi connectivity index (χ0v) is 14.7. The monoisotopic (exact) mass is 343 g/mol. The summed E-state index contributed by atoms with van der Waals surface area (Å²) in [5.41, 5.74) is 2.27. The molecule has 1 aliphatic rings. The molecule has 1 aromatic heterocycles. The van der Waals surface area contributed by atoms with Crippen molar-refractivity contribution in [2.45, 2.75) is 32.2 Å². The molecule has 0 aliphatic carbocycles. The molecule has 0 atom stereocenters. The number of piperidine rings is 1. The van der Waals surface area contributed by atoms with Crippen LogP contribution in [0.3, 0.4) is 0 Å². The third kappa shape index (κ3) is 4.13. The number of allylic oxidation sites excluding steroid dienone is 3. The molecule has 0 saturated carbocycles. The minimum absolute atomic E-state index is 0.351. The van der Waals surface area contributed by atoms with Crippen LogP contribution in [0.15, 0.2) is 47.5 Å². The Morgan fingerprint density at radius 3 is 2.71 bits per heavy atom. The van der Waals surface area contributed by atoms with E-state index in [2.05, 4.69) is 33.8 Å². The van der Waals surface area contributed by atoms with Crippen molar-refractivity contribution in [1.82, 2.24) is 15.0 Å². The van der Waals surface area contributed by atoms with Gasteiger partial charge in [-0.25, -0.2) is 0 Å². The smallest absolute Gasteiger partial charge is 0.230 e. The van der Waals surface area contributed by atoms with Gasteiger partial charge in [-0.2, -0.15) is 4.98 Å². The van der Waals surface area contributed by atoms with Crippen molar-refractivity contribution in [2.24, 2.45) is 0 Å². The van der Waals surface area contributed by atoms with E-state index < -0.39 is 0 Å². The van der Waals surface area contributed by atoms with Gasteiger partial charge in [-0.3, -0.25) is 4.90 Å². The zero-order valence-electron chi connectivity index (χ0n) is 13.9.